The standard InChI is InChI=1S/C6H13NO2.C2HF3O2/c8-4-5-3-6(9)1-2-7-5;3-2(4,5)1(6)7/h5-9H,1-4H2;(H,6,7). The second-order valence-corrected chi connectivity index (χ2v) is 3.31. The first-order valence-electron chi connectivity index (χ1n) is 4.59. The van der Waals surface area contributed by atoms with Gasteiger partial charge in [0.2, 0.25) is 0 Å². The van der Waals surface area contributed by atoms with Crippen molar-refractivity contribution in [1.29, 1.82) is 0 Å². The van der Waals surface area contributed by atoms with Gasteiger partial charge in [-0.1, -0.05) is 0 Å². The average molecular weight is 245 g/mol. The first kappa shape index (κ1) is 15.1. The Bertz CT molecular complexity index is 222. The Morgan fingerprint density at radius 3 is 2.19 bits per heavy atom. The van der Waals surface area contributed by atoms with Gasteiger partial charge in [-0.25, -0.2) is 4.79 Å². The van der Waals surface area contributed by atoms with E-state index in [1.54, 1.807) is 0 Å². The van der Waals surface area contributed by atoms with Crippen LogP contribution in [0, 0.1) is 0 Å². The third kappa shape index (κ3) is 6.59. The highest BCUT2D eigenvalue weighted by Gasteiger charge is 2.38. The van der Waals surface area contributed by atoms with Gasteiger partial charge in [0, 0.05) is 6.04 Å². The van der Waals surface area contributed by atoms with Crippen molar-refractivity contribution in [3.63, 3.8) is 0 Å². The molecular formula is C8H14F3NO4. The van der Waals surface area contributed by atoms with Crippen LogP contribution in [-0.2, 0) is 4.79 Å². The molecule has 0 spiro atoms. The molecule has 0 amide bonds. The molecule has 4 N–H and O–H groups in total. The monoisotopic (exact) mass is 245 g/mol. The Morgan fingerprint density at radius 1 is 1.44 bits per heavy atom. The summed E-state index contributed by atoms with van der Waals surface area (Å²) in [7, 11) is 0. The van der Waals surface area contributed by atoms with E-state index in [4.69, 9.17) is 20.1 Å². The summed E-state index contributed by atoms with van der Waals surface area (Å²) in [6.07, 6.45) is -3.78. The number of carbonyl (C=O) groups is 1. The predicted molar refractivity (Wildman–Crippen MR) is 47.8 cm³/mol. The maximum absolute atomic E-state index is 10.6. The van der Waals surface area contributed by atoms with Gasteiger partial charge in [-0.05, 0) is 19.4 Å². The number of piperidine rings is 1. The molecular weight excluding hydrogens is 231 g/mol. The molecule has 1 rings (SSSR count). The van der Waals surface area contributed by atoms with Crippen molar-refractivity contribution >= 4 is 5.97 Å². The van der Waals surface area contributed by atoms with Crippen LogP contribution in [0.25, 0.3) is 0 Å². The first-order chi connectivity index (χ1) is 7.27. The second-order valence-electron chi connectivity index (χ2n) is 3.31. The molecule has 5 nitrogen and oxygen atoms in total. The van der Waals surface area contributed by atoms with Gasteiger partial charge >= 0.3 is 12.1 Å². The van der Waals surface area contributed by atoms with E-state index in [0.717, 1.165) is 13.0 Å². The van der Waals surface area contributed by atoms with Gasteiger partial charge in [0.15, 0.2) is 0 Å². The lowest BCUT2D eigenvalue weighted by Gasteiger charge is -2.25. The lowest BCUT2D eigenvalue weighted by Crippen LogP contribution is -2.42. The maximum Gasteiger partial charge on any atom is 0.490 e. The summed E-state index contributed by atoms with van der Waals surface area (Å²) < 4.78 is 31.7. The van der Waals surface area contributed by atoms with Crippen LogP contribution in [0.2, 0.25) is 0 Å². The zero-order valence-electron chi connectivity index (χ0n) is 8.37. The summed E-state index contributed by atoms with van der Waals surface area (Å²) >= 11 is 0. The minimum atomic E-state index is -5.08. The van der Waals surface area contributed by atoms with Crippen molar-refractivity contribution in [2.45, 2.75) is 31.2 Å². The number of carboxylic acid groups (broad SMARTS) is 1. The number of aliphatic carboxylic acids is 1. The fraction of sp³-hybridized carbons (Fsp3) is 0.875. The van der Waals surface area contributed by atoms with E-state index < -0.39 is 12.1 Å². The molecule has 8 heteroatoms. The molecule has 0 aromatic heterocycles. The van der Waals surface area contributed by atoms with E-state index in [1.165, 1.54) is 0 Å². The number of alkyl halides is 3. The van der Waals surface area contributed by atoms with Gasteiger partial charge in [-0.2, -0.15) is 13.2 Å². The van der Waals surface area contributed by atoms with Crippen molar-refractivity contribution in [3.05, 3.63) is 0 Å². The molecule has 1 saturated heterocycles. The SMILES string of the molecule is O=C(O)C(F)(F)F.OCC1CC(O)CCN1. The van der Waals surface area contributed by atoms with Crippen molar-refractivity contribution in [2.24, 2.45) is 0 Å². The summed E-state index contributed by atoms with van der Waals surface area (Å²) in [6.45, 7) is 0.962. The molecule has 16 heavy (non-hydrogen) atoms. The zero-order chi connectivity index (χ0) is 12.8. The van der Waals surface area contributed by atoms with Crippen LogP contribution in [0.4, 0.5) is 13.2 Å². The Labute approximate surface area is 89.9 Å². The van der Waals surface area contributed by atoms with Gasteiger partial charge in [0.25, 0.3) is 0 Å². The number of hydrogen-bond acceptors (Lipinski definition) is 4. The fourth-order valence-corrected chi connectivity index (χ4v) is 1.12. The molecule has 2 atom stereocenters. The smallest absolute Gasteiger partial charge is 0.475 e. The Kier molecular flexibility index (Phi) is 6.31. The lowest BCUT2D eigenvalue weighted by molar-refractivity contribution is -0.192. The summed E-state index contributed by atoms with van der Waals surface area (Å²) in [4.78, 5) is 8.90. The molecule has 1 fully saturated rings. The molecule has 0 bridgehead atoms. The predicted octanol–water partition coefficient (Wildman–Crippen LogP) is -0.275. The summed E-state index contributed by atoms with van der Waals surface area (Å²) in [5.41, 5.74) is 0. The Morgan fingerprint density at radius 2 is 1.94 bits per heavy atom. The molecule has 0 aromatic rings. The number of nitrogens with one attached hydrogen (secondary N) is 1. The minimum Gasteiger partial charge on any atom is -0.475 e. The van der Waals surface area contributed by atoms with E-state index in [-0.39, 0.29) is 18.8 Å². The molecule has 1 heterocycles. The van der Waals surface area contributed by atoms with E-state index in [9.17, 15) is 13.2 Å². The molecule has 0 aromatic carbocycles. The van der Waals surface area contributed by atoms with Gasteiger partial charge in [-0.3, -0.25) is 0 Å². The maximum atomic E-state index is 10.6. The van der Waals surface area contributed by atoms with Crippen LogP contribution in [0.15, 0.2) is 0 Å². The summed E-state index contributed by atoms with van der Waals surface area (Å²) in [5, 5.41) is 27.9. The van der Waals surface area contributed by atoms with E-state index in [1.807, 2.05) is 0 Å². The van der Waals surface area contributed by atoms with Gasteiger partial charge < -0.3 is 20.6 Å². The molecule has 0 saturated carbocycles. The van der Waals surface area contributed by atoms with Gasteiger partial charge in [0.1, 0.15) is 0 Å². The van der Waals surface area contributed by atoms with Crippen molar-refractivity contribution in [3.8, 4) is 0 Å². The third-order valence-corrected chi connectivity index (χ3v) is 1.93. The highest BCUT2D eigenvalue weighted by atomic mass is 19.4. The topological polar surface area (TPSA) is 89.8 Å². The summed E-state index contributed by atoms with van der Waals surface area (Å²) in [5.74, 6) is -2.76. The number of aliphatic hydroxyl groups excluding tert-OH is 2. The van der Waals surface area contributed by atoms with Crippen LogP contribution in [0.1, 0.15) is 12.8 Å². The quantitative estimate of drug-likeness (QED) is 0.510. The highest BCUT2D eigenvalue weighted by molar-refractivity contribution is 5.73. The Balaban J connectivity index is 0.000000293. The Hall–Kier alpha value is -0.860. The molecule has 0 radical (unpaired) electrons. The minimum absolute atomic E-state index is 0.119. The van der Waals surface area contributed by atoms with Crippen molar-refractivity contribution < 1.29 is 33.3 Å². The molecule has 1 aliphatic rings. The zero-order valence-corrected chi connectivity index (χ0v) is 8.37. The van der Waals surface area contributed by atoms with Crippen LogP contribution in [0.5, 0.6) is 0 Å². The van der Waals surface area contributed by atoms with Crippen molar-refractivity contribution in [2.75, 3.05) is 13.2 Å². The number of rotatable bonds is 1. The average Bonchev–Trinajstić information content (AvgIpc) is 2.17. The lowest BCUT2D eigenvalue weighted by atomic mass is 10.0. The van der Waals surface area contributed by atoms with Crippen LogP contribution in [-0.4, -0.2) is 52.8 Å². The molecule has 96 valence electrons. The van der Waals surface area contributed by atoms with Crippen LogP contribution < -0.4 is 5.32 Å². The van der Waals surface area contributed by atoms with E-state index in [0.29, 0.717) is 6.42 Å². The van der Waals surface area contributed by atoms with Crippen molar-refractivity contribution in [1.82, 2.24) is 5.32 Å². The molecule has 0 aliphatic carbocycles. The van der Waals surface area contributed by atoms with Gasteiger partial charge in [0.05, 0.1) is 12.7 Å². The third-order valence-electron chi connectivity index (χ3n) is 1.93. The fourth-order valence-electron chi connectivity index (χ4n) is 1.12. The number of hydrogen-bond donors (Lipinski definition) is 4. The van der Waals surface area contributed by atoms with E-state index in [2.05, 4.69) is 5.32 Å². The highest BCUT2D eigenvalue weighted by Crippen LogP contribution is 2.13. The first-order valence-corrected chi connectivity index (χ1v) is 4.59. The normalized spacial score (nSPS) is 25.6. The van der Waals surface area contributed by atoms with E-state index >= 15 is 0 Å². The van der Waals surface area contributed by atoms with Crippen LogP contribution >= 0.6 is 0 Å². The summed E-state index contributed by atoms with van der Waals surface area (Å²) in [6, 6.07) is 0.119. The molecule has 2 unspecified atom stereocenters. The van der Waals surface area contributed by atoms with Gasteiger partial charge in [-0.15, -0.1) is 0 Å². The second kappa shape index (κ2) is 6.66. The number of carboxylic acids is 1. The largest absolute Gasteiger partial charge is 0.490 e. The number of aliphatic hydroxyl groups is 2. The van der Waals surface area contributed by atoms with Crippen LogP contribution in [0.3, 0.4) is 0 Å². The molecule has 1 aliphatic heterocycles. The number of halogens is 3.